The SMILES string of the molecule is CCN1CC(N)=NC1(C)c1cccc(-c2cccnc2)c1. The van der Waals surface area contributed by atoms with Crippen LogP contribution in [0.5, 0.6) is 0 Å². The van der Waals surface area contributed by atoms with E-state index in [9.17, 15) is 0 Å². The van der Waals surface area contributed by atoms with Crippen LogP contribution < -0.4 is 5.73 Å². The predicted octanol–water partition coefficient (Wildman–Crippen LogP) is 2.61. The van der Waals surface area contributed by atoms with Gasteiger partial charge in [-0.1, -0.05) is 31.2 Å². The summed E-state index contributed by atoms with van der Waals surface area (Å²) in [5, 5.41) is 0. The van der Waals surface area contributed by atoms with Crippen molar-refractivity contribution >= 4 is 5.84 Å². The van der Waals surface area contributed by atoms with Crippen LogP contribution in [0.1, 0.15) is 19.4 Å². The van der Waals surface area contributed by atoms with Crippen LogP contribution >= 0.6 is 0 Å². The summed E-state index contributed by atoms with van der Waals surface area (Å²) in [5.74, 6) is 0.700. The summed E-state index contributed by atoms with van der Waals surface area (Å²) in [6.45, 7) is 5.90. The first-order valence-electron chi connectivity index (χ1n) is 7.23. The molecule has 0 fully saturated rings. The summed E-state index contributed by atoms with van der Waals surface area (Å²) in [6, 6.07) is 12.5. The maximum atomic E-state index is 5.96. The Hall–Kier alpha value is -2.20. The van der Waals surface area contributed by atoms with Crippen molar-refractivity contribution in [1.29, 1.82) is 0 Å². The zero-order chi connectivity index (χ0) is 14.9. The van der Waals surface area contributed by atoms with Crippen LogP contribution in [0.15, 0.2) is 53.8 Å². The van der Waals surface area contributed by atoms with E-state index in [4.69, 9.17) is 5.73 Å². The molecular formula is C17H20N4. The number of amidine groups is 1. The molecule has 0 saturated heterocycles. The van der Waals surface area contributed by atoms with Crippen LogP contribution in [-0.4, -0.2) is 28.8 Å². The van der Waals surface area contributed by atoms with Gasteiger partial charge in [-0.25, -0.2) is 4.99 Å². The Labute approximate surface area is 125 Å². The van der Waals surface area contributed by atoms with Gasteiger partial charge < -0.3 is 5.73 Å². The van der Waals surface area contributed by atoms with Crippen LogP contribution in [0.3, 0.4) is 0 Å². The second-order valence-corrected chi connectivity index (χ2v) is 5.46. The van der Waals surface area contributed by atoms with E-state index in [1.165, 1.54) is 0 Å². The topological polar surface area (TPSA) is 54.5 Å². The lowest BCUT2D eigenvalue weighted by atomic mass is 9.96. The number of aromatic nitrogens is 1. The maximum Gasteiger partial charge on any atom is 0.138 e. The summed E-state index contributed by atoms with van der Waals surface area (Å²) in [7, 11) is 0. The average Bonchev–Trinajstić information content (AvgIpc) is 2.83. The standard InChI is InChI=1S/C17H20N4/c1-3-21-12-16(18)20-17(21,2)15-8-4-6-13(10-15)14-7-5-9-19-11-14/h4-11H,3,12H2,1-2H3,(H2,18,20). The van der Waals surface area contributed by atoms with E-state index in [0.29, 0.717) is 5.84 Å². The Morgan fingerprint density at radius 2 is 2.05 bits per heavy atom. The van der Waals surface area contributed by atoms with Gasteiger partial charge in [0.1, 0.15) is 11.5 Å². The lowest BCUT2D eigenvalue weighted by molar-refractivity contribution is 0.160. The third-order valence-electron chi connectivity index (χ3n) is 4.12. The maximum absolute atomic E-state index is 5.96. The molecule has 4 heteroatoms. The van der Waals surface area contributed by atoms with Crippen LogP contribution in [0.2, 0.25) is 0 Å². The molecule has 0 radical (unpaired) electrons. The van der Waals surface area contributed by atoms with Crippen molar-refractivity contribution in [3.8, 4) is 11.1 Å². The van der Waals surface area contributed by atoms with Crippen molar-refractivity contribution in [2.75, 3.05) is 13.1 Å². The van der Waals surface area contributed by atoms with Crippen molar-refractivity contribution in [2.45, 2.75) is 19.5 Å². The fraction of sp³-hybridized carbons (Fsp3) is 0.294. The number of nitrogens with zero attached hydrogens (tertiary/aromatic N) is 3. The molecule has 2 aromatic rings. The van der Waals surface area contributed by atoms with Gasteiger partial charge in [-0.05, 0) is 42.3 Å². The summed E-state index contributed by atoms with van der Waals surface area (Å²) >= 11 is 0. The van der Waals surface area contributed by atoms with Crippen LogP contribution in [-0.2, 0) is 5.66 Å². The normalized spacial score (nSPS) is 22.3. The van der Waals surface area contributed by atoms with Gasteiger partial charge in [-0.2, -0.15) is 0 Å². The number of likely N-dealkylation sites (N-methyl/N-ethyl adjacent to an activating group) is 1. The molecule has 1 aromatic heterocycles. The number of benzene rings is 1. The van der Waals surface area contributed by atoms with Gasteiger partial charge in [0.15, 0.2) is 0 Å². The van der Waals surface area contributed by atoms with E-state index in [-0.39, 0.29) is 5.66 Å². The molecule has 1 unspecified atom stereocenters. The van der Waals surface area contributed by atoms with Crippen molar-refractivity contribution in [1.82, 2.24) is 9.88 Å². The smallest absolute Gasteiger partial charge is 0.138 e. The number of hydrogen-bond acceptors (Lipinski definition) is 4. The third kappa shape index (κ3) is 2.43. The summed E-state index contributed by atoms with van der Waals surface area (Å²) in [6.07, 6.45) is 3.67. The Balaban J connectivity index is 2.04. The average molecular weight is 280 g/mol. The van der Waals surface area contributed by atoms with Gasteiger partial charge in [0.2, 0.25) is 0 Å². The molecule has 1 aliphatic heterocycles. The Morgan fingerprint density at radius 3 is 2.76 bits per heavy atom. The Bertz CT molecular complexity index is 666. The third-order valence-corrected chi connectivity index (χ3v) is 4.12. The van der Waals surface area contributed by atoms with E-state index >= 15 is 0 Å². The van der Waals surface area contributed by atoms with E-state index < -0.39 is 0 Å². The molecule has 1 atom stereocenters. The van der Waals surface area contributed by atoms with Crippen molar-refractivity contribution in [2.24, 2.45) is 10.7 Å². The molecule has 3 rings (SSSR count). The predicted molar refractivity (Wildman–Crippen MR) is 85.9 cm³/mol. The van der Waals surface area contributed by atoms with E-state index in [1.54, 1.807) is 6.20 Å². The zero-order valence-electron chi connectivity index (χ0n) is 12.5. The van der Waals surface area contributed by atoms with Gasteiger partial charge in [0, 0.05) is 12.4 Å². The van der Waals surface area contributed by atoms with Gasteiger partial charge in [-0.3, -0.25) is 9.88 Å². The molecular weight excluding hydrogens is 260 g/mol. The molecule has 1 aliphatic rings. The molecule has 2 heterocycles. The first-order valence-corrected chi connectivity index (χ1v) is 7.23. The van der Waals surface area contributed by atoms with E-state index in [1.807, 2.05) is 12.3 Å². The van der Waals surface area contributed by atoms with E-state index in [2.05, 4.69) is 59.1 Å². The van der Waals surface area contributed by atoms with Crippen molar-refractivity contribution in [3.63, 3.8) is 0 Å². The largest absolute Gasteiger partial charge is 0.386 e. The molecule has 0 saturated carbocycles. The van der Waals surface area contributed by atoms with E-state index in [0.717, 1.165) is 29.8 Å². The van der Waals surface area contributed by atoms with Crippen LogP contribution in [0.25, 0.3) is 11.1 Å². The minimum absolute atomic E-state index is 0.378. The molecule has 0 bridgehead atoms. The van der Waals surface area contributed by atoms with Crippen LogP contribution in [0, 0.1) is 0 Å². The Morgan fingerprint density at radius 1 is 1.24 bits per heavy atom. The zero-order valence-corrected chi connectivity index (χ0v) is 12.5. The quantitative estimate of drug-likeness (QED) is 0.940. The lowest BCUT2D eigenvalue weighted by Gasteiger charge is -2.32. The summed E-state index contributed by atoms with van der Waals surface area (Å²) < 4.78 is 0. The number of rotatable bonds is 3. The second kappa shape index (κ2) is 5.30. The summed E-state index contributed by atoms with van der Waals surface area (Å²) in [4.78, 5) is 11.2. The first-order chi connectivity index (χ1) is 10.1. The van der Waals surface area contributed by atoms with Gasteiger partial charge in [-0.15, -0.1) is 0 Å². The minimum atomic E-state index is -0.378. The fourth-order valence-corrected chi connectivity index (χ4v) is 2.93. The second-order valence-electron chi connectivity index (χ2n) is 5.46. The molecule has 4 nitrogen and oxygen atoms in total. The number of hydrogen-bond donors (Lipinski definition) is 1. The molecule has 0 aliphatic carbocycles. The molecule has 21 heavy (non-hydrogen) atoms. The number of aliphatic imine (C=N–C) groups is 1. The Kier molecular flexibility index (Phi) is 3.47. The molecule has 1 aromatic carbocycles. The highest BCUT2D eigenvalue weighted by atomic mass is 15.3. The monoisotopic (exact) mass is 280 g/mol. The highest BCUT2D eigenvalue weighted by molar-refractivity contribution is 5.84. The minimum Gasteiger partial charge on any atom is -0.386 e. The molecule has 2 N–H and O–H groups in total. The van der Waals surface area contributed by atoms with Crippen molar-refractivity contribution in [3.05, 3.63) is 54.4 Å². The molecule has 0 amide bonds. The summed E-state index contributed by atoms with van der Waals surface area (Å²) in [5.41, 5.74) is 9.01. The first kappa shape index (κ1) is 13.8. The number of pyridine rings is 1. The van der Waals surface area contributed by atoms with Crippen molar-refractivity contribution < 1.29 is 0 Å². The highest BCUT2D eigenvalue weighted by Gasteiger charge is 2.37. The fourth-order valence-electron chi connectivity index (χ4n) is 2.93. The molecule has 108 valence electrons. The van der Waals surface area contributed by atoms with Gasteiger partial charge >= 0.3 is 0 Å². The molecule has 0 spiro atoms. The van der Waals surface area contributed by atoms with Crippen LogP contribution in [0.4, 0.5) is 0 Å². The van der Waals surface area contributed by atoms with Gasteiger partial charge in [0.25, 0.3) is 0 Å². The lowest BCUT2D eigenvalue weighted by Crippen LogP contribution is -2.39. The highest BCUT2D eigenvalue weighted by Crippen LogP contribution is 2.35. The number of nitrogens with two attached hydrogens (primary N) is 1. The van der Waals surface area contributed by atoms with Gasteiger partial charge in [0.05, 0.1) is 6.54 Å².